The molecule has 0 aromatic carbocycles. The first-order valence-corrected chi connectivity index (χ1v) is 20.0. The van der Waals surface area contributed by atoms with Crippen LogP contribution in [0, 0.1) is 56.7 Å². The number of hydrogen-bond acceptors (Lipinski definition) is 2. The molecule has 0 heterocycles. The molecule has 228 valence electrons. The minimum atomic E-state index is -1.91. The van der Waals surface area contributed by atoms with Crippen LogP contribution >= 0.6 is 0 Å². The molecule has 4 saturated carbocycles. The number of carbonyl (C=O) groups excluding carboxylic acids is 1. The smallest absolute Gasteiger partial charge is 0.192 e. The summed E-state index contributed by atoms with van der Waals surface area (Å²) in [7, 11) is -1.91. The molecule has 40 heavy (non-hydrogen) atoms. The highest BCUT2D eigenvalue weighted by molar-refractivity contribution is 6.74. The Balaban J connectivity index is 1.55. The van der Waals surface area contributed by atoms with E-state index in [1.807, 2.05) is 0 Å². The fourth-order valence-electron chi connectivity index (χ4n) is 11.6. The maximum absolute atomic E-state index is 13.9. The van der Waals surface area contributed by atoms with Crippen molar-refractivity contribution in [2.75, 3.05) is 6.61 Å². The van der Waals surface area contributed by atoms with Crippen molar-refractivity contribution in [3.05, 3.63) is 11.1 Å². The zero-order chi connectivity index (χ0) is 29.9. The Bertz CT molecular complexity index is 1080. The maximum Gasteiger partial charge on any atom is 0.192 e. The molecule has 5 aliphatic rings. The van der Waals surface area contributed by atoms with Crippen molar-refractivity contribution in [1.29, 1.82) is 0 Å². The molecule has 8 atom stereocenters. The molecule has 0 aliphatic heterocycles. The van der Waals surface area contributed by atoms with Gasteiger partial charge in [-0.1, -0.05) is 81.7 Å². The summed E-state index contributed by atoms with van der Waals surface area (Å²) in [5, 5.41) is 0.186. The molecule has 0 aromatic rings. The van der Waals surface area contributed by atoms with Gasteiger partial charge >= 0.3 is 0 Å². The lowest BCUT2D eigenvalue weighted by Crippen LogP contribution is -2.65. The van der Waals surface area contributed by atoms with E-state index in [1.54, 1.807) is 5.57 Å². The highest BCUT2D eigenvalue weighted by Crippen LogP contribution is 2.77. The molecule has 4 fully saturated rings. The molecule has 3 heteroatoms. The monoisotopic (exact) mass is 568 g/mol. The fraction of sp³-hybridized carbons (Fsp3) is 0.919. The van der Waals surface area contributed by atoms with Gasteiger partial charge in [-0.25, -0.2) is 0 Å². The Morgan fingerprint density at radius 2 is 1.52 bits per heavy atom. The standard InChI is InChI=1S/C37H64O2Si/c1-24(2)30-27(38)22-37(23-39-40(12,13)32(4,5)6)21-20-35(10)26(31(30)37)14-15-29-34(9)18-16-25(3)33(7,8)28(34)17-19-36(29,35)11/h24-26,28-29H,14-23H2,1-13H3/t25-,26+,28-,29+,34-,35+,36+,37-/m0/s1. The van der Waals surface area contributed by atoms with Gasteiger partial charge in [-0.15, -0.1) is 0 Å². The second-order valence-electron chi connectivity index (χ2n) is 18.8. The molecule has 5 aliphatic carbocycles. The molecule has 5 rings (SSSR count). The van der Waals surface area contributed by atoms with Crippen LogP contribution in [0.15, 0.2) is 11.1 Å². The topological polar surface area (TPSA) is 26.3 Å². The third-order valence-electron chi connectivity index (χ3n) is 15.6. The van der Waals surface area contributed by atoms with E-state index in [-0.39, 0.29) is 15.9 Å². The maximum atomic E-state index is 13.9. The van der Waals surface area contributed by atoms with Crippen LogP contribution in [0.2, 0.25) is 18.1 Å². The van der Waals surface area contributed by atoms with Crippen molar-refractivity contribution in [2.24, 2.45) is 56.7 Å². The summed E-state index contributed by atoms with van der Waals surface area (Å²) in [6.07, 6.45) is 11.3. The van der Waals surface area contributed by atoms with Crippen molar-refractivity contribution in [3.63, 3.8) is 0 Å². The predicted octanol–water partition coefficient (Wildman–Crippen LogP) is 10.6. The summed E-state index contributed by atoms with van der Waals surface area (Å²) in [5.41, 5.74) is 4.21. The van der Waals surface area contributed by atoms with Crippen LogP contribution in [0.5, 0.6) is 0 Å². The second-order valence-corrected chi connectivity index (χ2v) is 23.6. The minimum Gasteiger partial charge on any atom is -0.416 e. The Morgan fingerprint density at radius 3 is 2.12 bits per heavy atom. The Morgan fingerprint density at radius 1 is 0.875 bits per heavy atom. The fourth-order valence-corrected chi connectivity index (χ4v) is 12.7. The van der Waals surface area contributed by atoms with Crippen molar-refractivity contribution >= 4 is 14.1 Å². The quantitative estimate of drug-likeness (QED) is 0.315. The van der Waals surface area contributed by atoms with Gasteiger partial charge in [0.25, 0.3) is 0 Å². The molecular weight excluding hydrogens is 504 g/mol. The second kappa shape index (κ2) is 9.29. The van der Waals surface area contributed by atoms with E-state index in [0.717, 1.165) is 30.8 Å². The predicted molar refractivity (Wildman–Crippen MR) is 172 cm³/mol. The number of Topliss-reactive ketones (excluding diaryl/α,β-unsaturated/α-hetero) is 1. The van der Waals surface area contributed by atoms with Gasteiger partial charge in [0.1, 0.15) is 0 Å². The molecular formula is C37H64O2Si. The molecule has 0 saturated heterocycles. The SMILES string of the molecule is CC(C)C1=C2[C@H]3CC[C@@H]4[C@@]5(C)CC[C@H](C)C(C)(C)[C@@H]5CC[C@@]4(C)[C@]3(C)CC[C@@]2(CO[Si](C)(C)C(C)(C)C)CC1=O. The lowest BCUT2D eigenvalue weighted by Gasteiger charge is -2.72. The van der Waals surface area contributed by atoms with Gasteiger partial charge in [-0.3, -0.25) is 4.79 Å². The van der Waals surface area contributed by atoms with Crippen LogP contribution in [0.4, 0.5) is 0 Å². The summed E-state index contributed by atoms with van der Waals surface area (Å²) >= 11 is 0. The van der Waals surface area contributed by atoms with Crippen molar-refractivity contribution in [2.45, 2.75) is 152 Å². The van der Waals surface area contributed by atoms with Gasteiger partial charge in [0, 0.05) is 18.4 Å². The first-order chi connectivity index (χ1) is 18.2. The Hall–Kier alpha value is -0.413. The van der Waals surface area contributed by atoms with Crippen LogP contribution in [0.1, 0.15) is 134 Å². The average molecular weight is 569 g/mol. The number of hydrogen-bond donors (Lipinski definition) is 0. The van der Waals surface area contributed by atoms with E-state index in [0.29, 0.717) is 40.3 Å². The lowest BCUT2D eigenvalue weighted by molar-refractivity contribution is -0.220. The number of carbonyl (C=O) groups is 1. The first kappa shape index (κ1) is 31.0. The summed E-state index contributed by atoms with van der Waals surface area (Å²) in [6, 6.07) is 0. The number of ketones is 1. The van der Waals surface area contributed by atoms with Crippen LogP contribution < -0.4 is 0 Å². The first-order valence-electron chi connectivity index (χ1n) is 17.1. The van der Waals surface area contributed by atoms with E-state index in [1.165, 1.54) is 50.5 Å². The van der Waals surface area contributed by atoms with Crippen molar-refractivity contribution in [1.82, 2.24) is 0 Å². The number of rotatable bonds is 4. The van der Waals surface area contributed by atoms with Crippen LogP contribution in [0.25, 0.3) is 0 Å². The van der Waals surface area contributed by atoms with Gasteiger partial charge in [-0.2, -0.15) is 0 Å². The number of fused-ring (bicyclic) bond motifs is 7. The Kier molecular flexibility index (Phi) is 7.21. The van der Waals surface area contributed by atoms with Gasteiger partial charge in [0.15, 0.2) is 14.1 Å². The molecule has 0 amide bonds. The van der Waals surface area contributed by atoms with Crippen LogP contribution in [0.3, 0.4) is 0 Å². The number of allylic oxidation sites excluding steroid dienone is 1. The van der Waals surface area contributed by atoms with Gasteiger partial charge in [-0.05, 0) is 126 Å². The third-order valence-corrected chi connectivity index (χ3v) is 20.1. The van der Waals surface area contributed by atoms with Crippen molar-refractivity contribution < 1.29 is 9.22 Å². The third kappa shape index (κ3) is 4.04. The normalized spacial score (nSPS) is 45.2. The van der Waals surface area contributed by atoms with Gasteiger partial charge in [0.2, 0.25) is 0 Å². The largest absolute Gasteiger partial charge is 0.416 e. The van der Waals surface area contributed by atoms with E-state index >= 15 is 0 Å². The Labute approximate surface area is 249 Å². The molecule has 2 nitrogen and oxygen atoms in total. The molecule has 0 bridgehead atoms. The van der Waals surface area contributed by atoms with E-state index in [2.05, 4.69) is 89.3 Å². The minimum absolute atomic E-state index is 0.0665. The lowest BCUT2D eigenvalue weighted by atomic mass is 9.32. The summed E-state index contributed by atoms with van der Waals surface area (Å²) in [4.78, 5) is 13.9. The molecule has 0 N–H and O–H groups in total. The van der Waals surface area contributed by atoms with Crippen molar-refractivity contribution in [3.8, 4) is 0 Å². The molecule has 0 radical (unpaired) electrons. The average Bonchev–Trinajstić information content (AvgIpc) is 3.13. The van der Waals surface area contributed by atoms with E-state index < -0.39 is 8.32 Å². The van der Waals surface area contributed by atoms with Crippen LogP contribution in [-0.2, 0) is 9.22 Å². The summed E-state index contributed by atoms with van der Waals surface area (Å²) < 4.78 is 7.03. The van der Waals surface area contributed by atoms with E-state index in [4.69, 9.17) is 4.43 Å². The molecule has 0 spiro atoms. The zero-order valence-electron chi connectivity index (χ0n) is 28.8. The highest BCUT2D eigenvalue weighted by atomic mass is 28.4. The highest BCUT2D eigenvalue weighted by Gasteiger charge is 2.69. The van der Waals surface area contributed by atoms with Crippen LogP contribution in [-0.4, -0.2) is 20.7 Å². The molecule has 0 unspecified atom stereocenters. The summed E-state index contributed by atoms with van der Waals surface area (Å²) in [6.45, 7) is 33.0. The van der Waals surface area contributed by atoms with Gasteiger partial charge < -0.3 is 4.43 Å². The zero-order valence-corrected chi connectivity index (χ0v) is 29.8. The van der Waals surface area contributed by atoms with E-state index in [9.17, 15) is 4.79 Å². The molecule has 0 aromatic heterocycles. The summed E-state index contributed by atoms with van der Waals surface area (Å²) in [5.74, 6) is 3.73. The van der Waals surface area contributed by atoms with Gasteiger partial charge in [0.05, 0.1) is 0 Å².